The van der Waals surface area contributed by atoms with Crippen LogP contribution in [0.3, 0.4) is 0 Å². The van der Waals surface area contributed by atoms with E-state index in [9.17, 15) is 14.9 Å². The molecule has 0 spiro atoms. The lowest BCUT2D eigenvalue weighted by Crippen LogP contribution is -2.03. The third-order valence-electron chi connectivity index (χ3n) is 4.07. The molecule has 0 unspecified atom stereocenters. The second-order valence-corrected chi connectivity index (χ2v) is 6.88. The van der Waals surface area contributed by atoms with E-state index >= 15 is 0 Å². The number of aryl methyl sites for hydroxylation is 1. The summed E-state index contributed by atoms with van der Waals surface area (Å²) < 4.78 is 1.68. The molecule has 0 fully saturated rings. The Kier molecular flexibility index (Phi) is 4.21. The van der Waals surface area contributed by atoms with Gasteiger partial charge in [-0.1, -0.05) is 24.3 Å². The summed E-state index contributed by atoms with van der Waals surface area (Å²) in [5.41, 5.74) is 2.52. The first-order valence-corrected chi connectivity index (χ1v) is 8.77. The third-order valence-corrected chi connectivity index (χ3v) is 5.19. The van der Waals surface area contributed by atoms with E-state index in [0.717, 1.165) is 23.0 Å². The standard InChI is InChI=1S/C18H13N5O3S/c1-22-10-19-21-18(22)27-16-7-6-11(9-15(16)23(25)26)8-13-12-4-2-3-5-14(12)20-17(13)24/h2-10H,1H3,(H,20,24). The van der Waals surface area contributed by atoms with E-state index in [0.29, 0.717) is 21.2 Å². The van der Waals surface area contributed by atoms with Crippen molar-refractivity contribution in [3.63, 3.8) is 0 Å². The van der Waals surface area contributed by atoms with E-state index in [-0.39, 0.29) is 11.6 Å². The Morgan fingerprint density at radius 3 is 2.81 bits per heavy atom. The average Bonchev–Trinajstić information content (AvgIpc) is 3.19. The molecule has 27 heavy (non-hydrogen) atoms. The van der Waals surface area contributed by atoms with E-state index in [1.807, 2.05) is 24.3 Å². The van der Waals surface area contributed by atoms with Gasteiger partial charge >= 0.3 is 0 Å². The van der Waals surface area contributed by atoms with Crippen LogP contribution in [-0.4, -0.2) is 25.6 Å². The van der Waals surface area contributed by atoms with Gasteiger partial charge in [-0.15, -0.1) is 10.2 Å². The molecule has 0 saturated carbocycles. The van der Waals surface area contributed by atoms with Crippen molar-refractivity contribution >= 4 is 40.7 Å². The number of benzene rings is 2. The molecule has 1 aliphatic heterocycles. The number of amides is 1. The van der Waals surface area contributed by atoms with Crippen LogP contribution < -0.4 is 5.32 Å². The molecule has 134 valence electrons. The Labute approximate surface area is 158 Å². The maximum atomic E-state index is 12.2. The van der Waals surface area contributed by atoms with Crippen molar-refractivity contribution in [2.75, 3.05) is 5.32 Å². The fourth-order valence-corrected chi connectivity index (χ4v) is 3.62. The highest BCUT2D eigenvalue weighted by Crippen LogP contribution is 2.36. The quantitative estimate of drug-likeness (QED) is 0.423. The number of hydrogen-bond donors (Lipinski definition) is 1. The summed E-state index contributed by atoms with van der Waals surface area (Å²) in [5, 5.41) is 22.6. The topological polar surface area (TPSA) is 103 Å². The summed E-state index contributed by atoms with van der Waals surface area (Å²) in [5.74, 6) is -0.226. The predicted octanol–water partition coefficient (Wildman–Crippen LogP) is 3.37. The van der Waals surface area contributed by atoms with Gasteiger partial charge < -0.3 is 9.88 Å². The number of nitro benzene ring substituents is 1. The van der Waals surface area contributed by atoms with Crippen molar-refractivity contribution in [3.05, 3.63) is 70.0 Å². The number of nitrogens with one attached hydrogen (secondary N) is 1. The fraction of sp³-hybridized carbons (Fsp3) is 0.0556. The molecule has 0 radical (unpaired) electrons. The Morgan fingerprint density at radius 2 is 2.07 bits per heavy atom. The first-order chi connectivity index (χ1) is 13.0. The van der Waals surface area contributed by atoms with Gasteiger partial charge in [0.1, 0.15) is 6.33 Å². The first-order valence-electron chi connectivity index (χ1n) is 7.95. The van der Waals surface area contributed by atoms with E-state index in [2.05, 4.69) is 15.5 Å². The lowest BCUT2D eigenvalue weighted by molar-refractivity contribution is -0.387. The van der Waals surface area contributed by atoms with Gasteiger partial charge in [-0.25, -0.2) is 0 Å². The summed E-state index contributed by atoms with van der Waals surface area (Å²) in [6, 6.07) is 12.2. The van der Waals surface area contributed by atoms with Gasteiger partial charge in [0, 0.05) is 29.9 Å². The summed E-state index contributed by atoms with van der Waals surface area (Å²) in [7, 11) is 1.77. The number of aromatic nitrogens is 3. The molecule has 0 saturated heterocycles. The van der Waals surface area contributed by atoms with Crippen molar-refractivity contribution in [2.45, 2.75) is 10.1 Å². The number of para-hydroxylation sites is 1. The molecule has 0 bridgehead atoms. The minimum Gasteiger partial charge on any atom is -0.321 e. The van der Waals surface area contributed by atoms with Crippen LogP contribution in [0.1, 0.15) is 11.1 Å². The maximum absolute atomic E-state index is 12.2. The SMILES string of the molecule is Cn1cnnc1Sc1ccc(C=C2C(=O)Nc3ccccc32)cc1[N+](=O)[O-]. The smallest absolute Gasteiger partial charge is 0.283 e. The van der Waals surface area contributed by atoms with E-state index < -0.39 is 4.92 Å². The van der Waals surface area contributed by atoms with E-state index in [1.54, 1.807) is 29.8 Å². The molecule has 8 nitrogen and oxygen atoms in total. The number of fused-ring (bicyclic) bond motifs is 1. The Bertz CT molecular complexity index is 1110. The highest BCUT2D eigenvalue weighted by molar-refractivity contribution is 7.99. The van der Waals surface area contributed by atoms with Gasteiger partial charge in [0.2, 0.25) is 0 Å². The normalized spacial score (nSPS) is 14.3. The minimum atomic E-state index is -0.441. The van der Waals surface area contributed by atoms with Crippen LogP contribution in [0, 0.1) is 10.1 Å². The molecule has 1 aliphatic rings. The van der Waals surface area contributed by atoms with Crippen molar-refractivity contribution in [1.29, 1.82) is 0 Å². The highest BCUT2D eigenvalue weighted by atomic mass is 32.2. The zero-order valence-electron chi connectivity index (χ0n) is 14.1. The molecule has 0 atom stereocenters. The van der Waals surface area contributed by atoms with Crippen LogP contribution in [0.5, 0.6) is 0 Å². The molecule has 1 aromatic heterocycles. The third kappa shape index (κ3) is 3.20. The number of carbonyl (C=O) groups excluding carboxylic acids is 1. The highest BCUT2D eigenvalue weighted by Gasteiger charge is 2.24. The number of carbonyl (C=O) groups is 1. The van der Waals surface area contributed by atoms with E-state index in [4.69, 9.17) is 0 Å². The minimum absolute atomic E-state index is 0.0518. The molecule has 1 amide bonds. The second-order valence-electron chi connectivity index (χ2n) is 5.87. The molecule has 2 aromatic carbocycles. The van der Waals surface area contributed by atoms with Crippen LogP contribution in [0.25, 0.3) is 11.6 Å². The van der Waals surface area contributed by atoms with E-state index in [1.165, 1.54) is 12.4 Å². The van der Waals surface area contributed by atoms with Crippen LogP contribution >= 0.6 is 11.8 Å². The van der Waals surface area contributed by atoms with Crippen LogP contribution in [0.4, 0.5) is 11.4 Å². The second kappa shape index (κ2) is 6.69. The molecule has 2 heterocycles. The predicted molar refractivity (Wildman–Crippen MR) is 101 cm³/mol. The number of nitrogens with zero attached hydrogens (tertiary/aromatic N) is 4. The molecular formula is C18H13N5O3S. The van der Waals surface area contributed by atoms with Crippen molar-refractivity contribution in [1.82, 2.24) is 14.8 Å². The van der Waals surface area contributed by atoms with Gasteiger partial charge in [-0.3, -0.25) is 14.9 Å². The largest absolute Gasteiger partial charge is 0.321 e. The summed E-state index contributed by atoms with van der Waals surface area (Å²) in [4.78, 5) is 23.8. The van der Waals surface area contributed by atoms with Crippen LogP contribution in [0.2, 0.25) is 0 Å². The summed E-state index contributed by atoms with van der Waals surface area (Å²) in [6.45, 7) is 0. The van der Waals surface area contributed by atoms with Crippen LogP contribution in [0.15, 0.2) is 58.8 Å². The van der Waals surface area contributed by atoms with Gasteiger partial charge in [0.25, 0.3) is 11.6 Å². The lowest BCUT2D eigenvalue weighted by atomic mass is 10.0. The lowest BCUT2D eigenvalue weighted by Gasteiger charge is -2.04. The zero-order chi connectivity index (χ0) is 19.0. The average molecular weight is 379 g/mol. The van der Waals surface area contributed by atoms with Crippen molar-refractivity contribution < 1.29 is 9.72 Å². The molecule has 4 rings (SSSR count). The fourth-order valence-electron chi connectivity index (χ4n) is 2.77. The summed E-state index contributed by atoms with van der Waals surface area (Å²) >= 11 is 1.16. The maximum Gasteiger partial charge on any atom is 0.283 e. The molecule has 0 aliphatic carbocycles. The van der Waals surface area contributed by atoms with Gasteiger partial charge in [0.15, 0.2) is 5.16 Å². The monoisotopic (exact) mass is 379 g/mol. The first kappa shape index (κ1) is 17.0. The Balaban J connectivity index is 1.73. The Hall–Kier alpha value is -3.46. The Morgan fingerprint density at radius 1 is 1.26 bits per heavy atom. The van der Waals surface area contributed by atoms with Crippen LogP contribution in [-0.2, 0) is 11.8 Å². The number of nitro groups is 1. The molecular weight excluding hydrogens is 366 g/mol. The number of rotatable bonds is 4. The molecule has 9 heteroatoms. The van der Waals surface area contributed by atoms with Crippen molar-refractivity contribution in [3.8, 4) is 0 Å². The van der Waals surface area contributed by atoms with Gasteiger partial charge in [-0.2, -0.15) is 0 Å². The number of anilines is 1. The summed E-state index contributed by atoms with van der Waals surface area (Å²) in [6.07, 6.45) is 3.19. The molecule has 3 aromatic rings. The molecule has 1 N–H and O–H groups in total. The van der Waals surface area contributed by atoms with Crippen molar-refractivity contribution in [2.24, 2.45) is 7.05 Å². The van der Waals surface area contributed by atoms with Gasteiger partial charge in [0.05, 0.1) is 9.82 Å². The van der Waals surface area contributed by atoms with Gasteiger partial charge in [-0.05, 0) is 35.5 Å². The zero-order valence-corrected chi connectivity index (χ0v) is 14.9. The number of hydrogen-bond acceptors (Lipinski definition) is 6.